The van der Waals surface area contributed by atoms with Gasteiger partial charge in [0.25, 0.3) is 0 Å². The molecule has 0 aliphatic heterocycles. The lowest BCUT2D eigenvalue weighted by Gasteiger charge is -2.11. The van der Waals surface area contributed by atoms with E-state index in [0.29, 0.717) is 19.6 Å². The fourth-order valence-corrected chi connectivity index (χ4v) is 1.22. The van der Waals surface area contributed by atoms with Crippen LogP contribution < -0.4 is 11.1 Å². The van der Waals surface area contributed by atoms with Gasteiger partial charge in [0.15, 0.2) is 0 Å². The van der Waals surface area contributed by atoms with Crippen molar-refractivity contribution in [2.75, 3.05) is 19.8 Å². The molecule has 0 bridgehead atoms. The van der Waals surface area contributed by atoms with Crippen molar-refractivity contribution < 1.29 is 9.53 Å². The molecule has 0 aromatic carbocycles. The van der Waals surface area contributed by atoms with Crippen molar-refractivity contribution in [3.05, 3.63) is 0 Å². The first-order valence-electron chi connectivity index (χ1n) is 5.80. The van der Waals surface area contributed by atoms with E-state index in [4.69, 9.17) is 10.5 Å². The minimum Gasteiger partial charge on any atom is -0.381 e. The second-order valence-corrected chi connectivity index (χ2v) is 3.72. The summed E-state index contributed by atoms with van der Waals surface area (Å²) in [4.78, 5) is 11.3. The Bertz CT molecular complexity index is 163. The van der Waals surface area contributed by atoms with E-state index < -0.39 is 0 Å². The highest BCUT2D eigenvalue weighted by molar-refractivity contribution is 5.75. The SMILES string of the molecule is CCCOCCC(=O)NCC(N)CCC. The molecule has 15 heavy (non-hydrogen) atoms. The number of rotatable bonds is 9. The first kappa shape index (κ1) is 14.4. The molecular weight excluding hydrogens is 192 g/mol. The van der Waals surface area contributed by atoms with E-state index in [2.05, 4.69) is 12.2 Å². The Kier molecular flexibility index (Phi) is 9.52. The minimum absolute atomic E-state index is 0.0256. The van der Waals surface area contributed by atoms with Crippen molar-refractivity contribution in [1.82, 2.24) is 5.32 Å². The third kappa shape index (κ3) is 9.69. The number of amides is 1. The number of nitrogens with two attached hydrogens (primary N) is 1. The summed E-state index contributed by atoms with van der Waals surface area (Å²) < 4.78 is 5.22. The van der Waals surface area contributed by atoms with Gasteiger partial charge in [-0.1, -0.05) is 20.3 Å². The van der Waals surface area contributed by atoms with Gasteiger partial charge in [-0.05, 0) is 12.8 Å². The molecule has 0 rings (SSSR count). The molecular formula is C11H24N2O2. The van der Waals surface area contributed by atoms with Crippen molar-refractivity contribution in [3.8, 4) is 0 Å². The zero-order valence-electron chi connectivity index (χ0n) is 9.92. The Hall–Kier alpha value is -0.610. The lowest BCUT2D eigenvalue weighted by molar-refractivity contribution is -0.122. The molecule has 0 aromatic rings. The maximum absolute atomic E-state index is 11.3. The zero-order valence-corrected chi connectivity index (χ0v) is 9.92. The summed E-state index contributed by atoms with van der Waals surface area (Å²) in [5, 5.41) is 2.80. The molecule has 0 aromatic heterocycles. The van der Waals surface area contributed by atoms with Gasteiger partial charge < -0.3 is 15.8 Å². The fourth-order valence-electron chi connectivity index (χ4n) is 1.22. The van der Waals surface area contributed by atoms with Gasteiger partial charge in [0, 0.05) is 25.6 Å². The van der Waals surface area contributed by atoms with Crippen molar-refractivity contribution in [1.29, 1.82) is 0 Å². The highest BCUT2D eigenvalue weighted by Gasteiger charge is 2.04. The van der Waals surface area contributed by atoms with Crippen LogP contribution in [0.25, 0.3) is 0 Å². The summed E-state index contributed by atoms with van der Waals surface area (Å²) in [6.45, 7) is 5.93. The van der Waals surface area contributed by atoms with E-state index in [-0.39, 0.29) is 11.9 Å². The van der Waals surface area contributed by atoms with Crippen molar-refractivity contribution in [3.63, 3.8) is 0 Å². The summed E-state index contributed by atoms with van der Waals surface area (Å²) in [5.74, 6) is 0.0256. The van der Waals surface area contributed by atoms with Crippen LogP contribution in [0.2, 0.25) is 0 Å². The molecule has 1 atom stereocenters. The van der Waals surface area contributed by atoms with Crippen LogP contribution >= 0.6 is 0 Å². The largest absolute Gasteiger partial charge is 0.381 e. The van der Waals surface area contributed by atoms with Crippen LogP contribution in [0.3, 0.4) is 0 Å². The van der Waals surface area contributed by atoms with Crippen LogP contribution in [0.1, 0.15) is 39.5 Å². The smallest absolute Gasteiger partial charge is 0.222 e. The first-order chi connectivity index (χ1) is 7.20. The molecule has 0 saturated heterocycles. The van der Waals surface area contributed by atoms with Gasteiger partial charge in [-0.15, -0.1) is 0 Å². The van der Waals surface area contributed by atoms with Crippen LogP contribution in [0, 0.1) is 0 Å². The highest BCUT2D eigenvalue weighted by Crippen LogP contribution is 1.91. The van der Waals surface area contributed by atoms with Gasteiger partial charge in [-0.25, -0.2) is 0 Å². The van der Waals surface area contributed by atoms with Crippen LogP contribution in [0.15, 0.2) is 0 Å². The molecule has 0 aliphatic rings. The van der Waals surface area contributed by atoms with Gasteiger partial charge in [0.05, 0.1) is 6.61 Å². The second kappa shape index (κ2) is 9.93. The third-order valence-corrected chi connectivity index (χ3v) is 2.04. The number of carbonyl (C=O) groups is 1. The predicted molar refractivity (Wildman–Crippen MR) is 61.6 cm³/mol. The van der Waals surface area contributed by atoms with Gasteiger partial charge in [-0.2, -0.15) is 0 Å². The van der Waals surface area contributed by atoms with E-state index in [0.717, 1.165) is 25.9 Å². The highest BCUT2D eigenvalue weighted by atomic mass is 16.5. The number of nitrogens with one attached hydrogen (secondary N) is 1. The molecule has 0 heterocycles. The Morgan fingerprint density at radius 3 is 2.67 bits per heavy atom. The third-order valence-electron chi connectivity index (χ3n) is 2.04. The van der Waals surface area contributed by atoms with Crippen molar-refractivity contribution in [2.45, 2.75) is 45.6 Å². The molecule has 1 unspecified atom stereocenters. The molecule has 4 heteroatoms. The van der Waals surface area contributed by atoms with E-state index >= 15 is 0 Å². The van der Waals surface area contributed by atoms with Crippen LogP contribution in [0.5, 0.6) is 0 Å². The van der Waals surface area contributed by atoms with E-state index in [9.17, 15) is 4.79 Å². The van der Waals surface area contributed by atoms with Gasteiger partial charge >= 0.3 is 0 Å². The normalized spacial score (nSPS) is 12.5. The molecule has 0 saturated carbocycles. The number of carbonyl (C=O) groups excluding carboxylic acids is 1. The fraction of sp³-hybridized carbons (Fsp3) is 0.909. The molecule has 4 nitrogen and oxygen atoms in total. The monoisotopic (exact) mass is 216 g/mol. The summed E-state index contributed by atoms with van der Waals surface area (Å²) in [5.41, 5.74) is 5.76. The van der Waals surface area contributed by atoms with Gasteiger partial charge in [0.1, 0.15) is 0 Å². The Morgan fingerprint density at radius 2 is 2.07 bits per heavy atom. The Balaban J connectivity index is 3.32. The lowest BCUT2D eigenvalue weighted by Crippen LogP contribution is -2.37. The molecule has 0 aliphatic carbocycles. The maximum Gasteiger partial charge on any atom is 0.222 e. The van der Waals surface area contributed by atoms with E-state index in [1.807, 2.05) is 6.92 Å². The summed E-state index contributed by atoms with van der Waals surface area (Å²) in [7, 11) is 0. The second-order valence-electron chi connectivity index (χ2n) is 3.72. The number of hydrogen-bond acceptors (Lipinski definition) is 3. The Labute approximate surface area is 92.6 Å². The number of hydrogen-bond donors (Lipinski definition) is 2. The van der Waals surface area contributed by atoms with Crippen molar-refractivity contribution in [2.24, 2.45) is 5.73 Å². The summed E-state index contributed by atoms with van der Waals surface area (Å²) in [6, 6.07) is 0.0792. The quantitative estimate of drug-likeness (QED) is 0.566. The van der Waals surface area contributed by atoms with Crippen LogP contribution in [0.4, 0.5) is 0 Å². The molecule has 0 fully saturated rings. The molecule has 0 spiro atoms. The van der Waals surface area contributed by atoms with E-state index in [1.165, 1.54) is 0 Å². The van der Waals surface area contributed by atoms with Crippen LogP contribution in [-0.4, -0.2) is 31.7 Å². The molecule has 0 radical (unpaired) electrons. The first-order valence-corrected chi connectivity index (χ1v) is 5.80. The van der Waals surface area contributed by atoms with Crippen molar-refractivity contribution >= 4 is 5.91 Å². The maximum atomic E-state index is 11.3. The van der Waals surface area contributed by atoms with Gasteiger partial charge in [0.2, 0.25) is 5.91 Å². The summed E-state index contributed by atoms with van der Waals surface area (Å²) in [6.07, 6.45) is 3.42. The molecule has 90 valence electrons. The minimum atomic E-state index is 0.0256. The molecule has 1 amide bonds. The molecule has 3 N–H and O–H groups in total. The lowest BCUT2D eigenvalue weighted by atomic mass is 10.2. The summed E-state index contributed by atoms with van der Waals surface area (Å²) >= 11 is 0. The average Bonchev–Trinajstić information content (AvgIpc) is 2.22. The average molecular weight is 216 g/mol. The topological polar surface area (TPSA) is 64.3 Å². The standard InChI is InChI=1S/C11H24N2O2/c1-3-5-10(12)9-13-11(14)6-8-15-7-4-2/h10H,3-9,12H2,1-2H3,(H,13,14). The zero-order chi connectivity index (χ0) is 11.5. The van der Waals surface area contributed by atoms with Gasteiger partial charge in [-0.3, -0.25) is 4.79 Å². The Morgan fingerprint density at radius 1 is 1.33 bits per heavy atom. The van der Waals surface area contributed by atoms with E-state index in [1.54, 1.807) is 0 Å². The predicted octanol–water partition coefficient (Wildman–Crippen LogP) is 1.05. The van der Waals surface area contributed by atoms with Crippen LogP contribution in [-0.2, 0) is 9.53 Å². The number of ether oxygens (including phenoxy) is 1.